The topological polar surface area (TPSA) is 92.7 Å². The number of benzene rings is 1. The molecule has 0 bridgehead atoms. The summed E-state index contributed by atoms with van der Waals surface area (Å²) < 4.78 is 31.8. The van der Waals surface area contributed by atoms with Crippen LogP contribution in [0, 0.1) is 6.92 Å². The Bertz CT molecular complexity index is 611. The quantitative estimate of drug-likeness (QED) is 0.831. The van der Waals surface area contributed by atoms with Crippen LogP contribution in [0.5, 0.6) is 5.75 Å². The number of aliphatic carboxylic acids is 1. The monoisotopic (exact) mass is 301 g/mol. The minimum Gasteiger partial charge on any atom is -0.496 e. The van der Waals surface area contributed by atoms with Crippen molar-refractivity contribution in [3.05, 3.63) is 23.8 Å². The third-order valence-electron chi connectivity index (χ3n) is 3.22. The average molecular weight is 301 g/mol. The highest BCUT2D eigenvalue weighted by atomic mass is 32.2. The summed E-state index contributed by atoms with van der Waals surface area (Å²) in [6.07, 6.45) is 0.136. The number of methoxy groups -OCH3 is 1. The highest BCUT2D eigenvalue weighted by Gasteiger charge is 2.36. The Morgan fingerprint density at radius 1 is 1.45 bits per heavy atom. The van der Waals surface area contributed by atoms with Crippen LogP contribution >= 0.6 is 0 Å². The number of carbonyl (C=O) groups is 1. The number of hydrogen-bond donors (Lipinski definition) is 2. The van der Waals surface area contributed by atoms with Crippen molar-refractivity contribution < 1.29 is 23.1 Å². The molecular weight excluding hydrogens is 282 g/mol. The lowest BCUT2D eigenvalue weighted by Crippen LogP contribution is -2.51. The molecule has 1 unspecified atom stereocenters. The zero-order valence-electron chi connectivity index (χ0n) is 11.9. The Balaban J connectivity index is 3.18. The first-order chi connectivity index (χ1) is 9.16. The van der Waals surface area contributed by atoms with E-state index in [0.29, 0.717) is 11.3 Å². The van der Waals surface area contributed by atoms with Gasteiger partial charge in [0.2, 0.25) is 10.0 Å². The van der Waals surface area contributed by atoms with Crippen LogP contribution in [-0.4, -0.2) is 32.1 Å². The molecule has 1 aromatic rings. The van der Waals surface area contributed by atoms with E-state index in [-0.39, 0.29) is 11.3 Å². The van der Waals surface area contributed by atoms with Gasteiger partial charge in [0, 0.05) is 0 Å². The van der Waals surface area contributed by atoms with Gasteiger partial charge in [-0.25, -0.2) is 8.42 Å². The molecule has 0 aliphatic carbocycles. The molecule has 0 amide bonds. The number of rotatable bonds is 6. The van der Waals surface area contributed by atoms with Gasteiger partial charge in [0.05, 0.1) is 12.0 Å². The molecule has 7 heteroatoms. The molecule has 0 radical (unpaired) electrons. The number of ether oxygens (including phenoxy) is 1. The van der Waals surface area contributed by atoms with Crippen molar-refractivity contribution in [1.82, 2.24) is 4.72 Å². The van der Waals surface area contributed by atoms with Gasteiger partial charge in [0.1, 0.15) is 11.3 Å². The van der Waals surface area contributed by atoms with E-state index in [1.54, 1.807) is 13.8 Å². The van der Waals surface area contributed by atoms with E-state index >= 15 is 0 Å². The number of carboxylic acid groups (broad SMARTS) is 1. The molecule has 0 saturated carbocycles. The van der Waals surface area contributed by atoms with Gasteiger partial charge in [-0.15, -0.1) is 0 Å². The molecule has 0 spiro atoms. The Kier molecular flexibility index (Phi) is 4.77. The third-order valence-corrected chi connectivity index (χ3v) is 4.81. The molecule has 112 valence electrons. The molecule has 1 atom stereocenters. The molecule has 0 saturated heterocycles. The zero-order chi connectivity index (χ0) is 15.6. The first-order valence-electron chi connectivity index (χ1n) is 6.08. The van der Waals surface area contributed by atoms with E-state index in [1.807, 2.05) is 0 Å². The molecule has 1 rings (SSSR count). The van der Waals surface area contributed by atoms with Gasteiger partial charge in [-0.3, -0.25) is 4.79 Å². The SMILES string of the molecule is CCC(C)(NS(=O)(=O)c1ccc(OC)c(C)c1)C(=O)O. The largest absolute Gasteiger partial charge is 0.496 e. The minimum absolute atomic E-state index is 0.0109. The summed E-state index contributed by atoms with van der Waals surface area (Å²) in [7, 11) is -2.42. The lowest BCUT2D eigenvalue weighted by Gasteiger charge is -2.24. The first-order valence-corrected chi connectivity index (χ1v) is 7.56. The van der Waals surface area contributed by atoms with Gasteiger partial charge >= 0.3 is 5.97 Å². The van der Waals surface area contributed by atoms with Crippen LogP contribution in [0.3, 0.4) is 0 Å². The maximum Gasteiger partial charge on any atom is 0.324 e. The molecule has 0 heterocycles. The van der Waals surface area contributed by atoms with Crippen LogP contribution in [-0.2, 0) is 14.8 Å². The fourth-order valence-corrected chi connectivity index (χ4v) is 3.16. The molecular formula is C13H19NO5S. The summed E-state index contributed by atoms with van der Waals surface area (Å²) in [6, 6.07) is 4.36. The van der Waals surface area contributed by atoms with Crippen LogP contribution in [0.15, 0.2) is 23.1 Å². The molecule has 0 aromatic heterocycles. The van der Waals surface area contributed by atoms with Crippen LogP contribution in [0.25, 0.3) is 0 Å². The zero-order valence-corrected chi connectivity index (χ0v) is 12.7. The molecule has 6 nitrogen and oxygen atoms in total. The second-order valence-electron chi connectivity index (χ2n) is 4.73. The van der Waals surface area contributed by atoms with Crippen LogP contribution in [0.4, 0.5) is 0 Å². The van der Waals surface area contributed by atoms with Crippen molar-refractivity contribution in [2.24, 2.45) is 0 Å². The molecule has 0 fully saturated rings. The summed E-state index contributed by atoms with van der Waals surface area (Å²) in [4.78, 5) is 11.2. The number of nitrogens with one attached hydrogen (secondary N) is 1. The summed E-state index contributed by atoms with van der Waals surface area (Å²) in [5.41, 5.74) is -0.879. The van der Waals surface area contributed by atoms with Gasteiger partial charge in [0.15, 0.2) is 0 Å². The first kappa shape index (κ1) is 16.5. The fourth-order valence-electron chi connectivity index (χ4n) is 1.64. The van der Waals surface area contributed by atoms with E-state index in [4.69, 9.17) is 9.84 Å². The molecule has 0 aliphatic heterocycles. The minimum atomic E-state index is -3.91. The van der Waals surface area contributed by atoms with E-state index in [2.05, 4.69) is 4.72 Å². The number of carboxylic acids is 1. The highest BCUT2D eigenvalue weighted by molar-refractivity contribution is 7.89. The van der Waals surface area contributed by atoms with Crippen molar-refractivity contribution in [2.45, 2.75) is 37.6 Å². The van der Waals surface area contributed by atoms with Gasteiger partial charge in [-0.1, -0.05) is 6.92 Å². The van der Waals surface area contributed by atoms with Crippen molar-refractivity contribution in [1.29, 1.82) is 0 Å². The van der Waals surface area contributed by atoms with E-state index in [9.17, 15) is 13.2 Å². The summed E-state index contributed by atoms with van der Waals surface area (Å²) >= 11 is 0. The second kappa shape index (κ2) is 5.80. The van der Waals surface area contributed by atoms with Crippen molar-refractivity contribution in [3.63, 3.8) is 0 Å². The Labute approximate surface area is 118 Å². The number of hydrogen-bond acceptors (Lipinski definition) is 4. The van der Waals surface area contributed by atoms with Crippen LogP contribution < -0.4 is 9.46 Å². The Morgan fingerprint density at radius 2 is 2.05 bits per heavy atom. The lowest BCUT2D eigenvalue weighted by atomic mass is 10.0. The molecule has 0 aliphatic rings. The third kappa shape index (κ3) is 3.29. The summed E-state index contributed by atoms with van der Waals surface area (Å²) in [6.45, 7) is 4.66. The number of sulfonamides is 1. The van der Waals surface area contributed by atoms with Gasteiger partial charge in [-0.05, 0) is 44.0 Å². The van der Waals surface area contributed by atoms with Gasteiger partial charge in [-0.2, -0.15) is 4.72 Å². The second-order valence-corrected chi connectivity index (χ2v) is 6.41. The van der Waals surface area contributed by atoms with Gasteiger partial charge in [0.25, 0.3) is 0 Å². The normalized spacial score (nSPS) is 14.6. The molecule has 2 N–H and O–H groups in total. The van der Waals surface area contributed by atoms with Crippen molar-refractivity contribution >= 4 is 16.0 Å². The lowest BCUT2D eigenvalue weighted by molar-refractivity contribution is -0.143. The summed E-state index contributed by atoms with van der Waals surface area (Å²) in [5.74, 6) is -0.644. The van der Waals surface area contributed by atoms with Crippen LogP contribution in [0.2, 0.25) is 0 Å². The smallest absolute Gasteiger partial charge is 0.324 e. The van der Waals surface area contributed by atoms with Gasteiger partial charge < -0.3 is 9.84 Å². The standard InChI is InChI=1S/C13H19NO5S/c1-5-13(3,12(15)16)14-20(17,18)10-6-7-11(19-4)9(2)8-10/h6-8,14H,5H2,1-4H3,(H,15,16). The average Bonchev–Trinajstić information content (AvgIpc) is 2.37. The Hall–Kier alpha value is -1.60. The maximum absolute atomic E-state index is 12.2. The predicted octanol–water partition coefficient (Wildman–Crippen LogP) is 1.54. The summed E-state index contributed by atoms with van der Waals surface area (Å²) in [5, 5.41) is 9.13. The maximum atomic E-state index is 12.2. The van der Waals surface area contributed by atoms with E-state index in [1.165, 1.54) is 32.2 Å². The molecule has 20 heavy (non-hydrogen) atoms. The highest BCUT2D eigenvalue weighted by Crippen LogP contribution is 2.23. The van der Waals surface area contributed by atoms with Crippen molar-refractivity contribution in [3.8, 4) is 5.75 Å². The van der Waals surface area contributed by atoms with Crippen LogP contribution in [0.1, 0.15) is 25.8 Å². The molecule has 1 aromatic carbocycles. The van der Waals surface area contributed by atoms with Crippen molar-refractivity contribution in [2.75, 3.05) is 7.11 Å². The Morgan fingerprint density at radius 3 is 2.45 bits per heavy atom. The predicted molar refractivity (Wildman–Crippen MR) is 74.4 cm³/mol. The van der Waals surface area contributed by atoms with E-state index < -0.39 is 21.5 Å². The fraction of sp³-hybridized carbons (Fsp3) is 0.462. The number of aryl methyl sites for hydroxylation is 1. The van der Waals surface area contributed by atoms with E-state index in [0.717, 1.165) is 0 Å².